The van der Waals surface area contributed by atoms with Crippen molar-refractivity contribution in [2.24, 2.45) is 0 Å². The van der Waals surface area contributed by atoms with Gasteiger partial charge in [0, 0.05) is 13.1 Å². The van der Waals surface area contributed by atoms with Gasteiger partial charge in [0.15, 0.2) is 0 Å². The zero-order valence-electron chi connectivity index (χ0n) is 12.3. The summed E-state index contributed by atoms with van der Waals surface area (Å²) in [5.41, 5.74) is 1.70. The number of imide groups is 1. The monoisotopic (exact) mass is 340 g/mol. The van der Waals surface area contributed by atoms with Crippen LogP contribution in [-0.2, 0) is 14.8 Å². The average Bonchev–Trinajstić information content (AvgIpc) is 2.68. The van der Waals surface area contributed by atoms with E-state index in [9.17, 15) is 18.0 Å². The first-order valence-electron chi connectivity index (χ1n) is 6.87. The number of hydrogen-bond donors (Lipinski definition) is 0. The maximum atomic E-state index is 12.6. The third-order valence-electron chi connectivity index (χ3n) is 3.93. The molecule has 2 aliphatic heterocycles. The van der Waals surface area contributed by atoms with E-state index in [4.69, 9.17) is 0 Å². The molecule has 118 valence electrons. The van der Waals surface area contributed by atoms with E-state index in [1.165, 1.54) is 9.21 Å². The summed E-state index contributed by atoms with van der Waals surface area (Å²) in [4.78, 5) is 24.8. The van der Waals surface area contributed by atoms with Gasteiger partial charge in [-0.15, -0.1) is 0 Å². The van der Waals surface area contributed by atoms with Gasteiger partial charge >= 0.3 is 0 Å². The van der Waals surface area contributed by atoms with E-state index >= 15 is 0 Å². The van der Waals surface area contributed by atoms with E-state index in [1.807, 2.05) is 13.0 Å². The maximum Gasteiger partial charge on any atom is 0.289 e. The van der Waals surface area contributed by atoms with Gasteiger partial charge in [-0.25, -0.2) is 8.42 Å². The van der Waals surface area contributed by atoms with Gasteiger partial charge in [0.25, 0.3) is 5.24 Å². The van der Waals surface area contributed by atoms with Crippen LogP contribution in [0.4, 0.5) is 4.79 Å². The Hall–Kier alpha value is -1.38. The number of aryl methyl sites for hydroxylation is 2. The molecule has 0 N–H and O–H groups in total. The standard InChI is InChI=1S/C14H16N2O4S2/c1-9-3-4-12(10(2)5-9)22(19,20)15-6-11(7-15)16-13(17)8-21-14(16)18/h3-5,11H,6-8H2,1-2H3. The zero-order valence-corrected chi connectivity index (χ0v) is 13.9. The van der Waals surface area contributed by atoms with Crippen molar-refractivity contribution in [3.63, 3.8) is 0 Å². The van der Waals surface area contributed by atoms with Gasteiger partial charge in [-0.1, -0.05) is 29.5 Å². The molecular formula is C14H16N2O4S2. The summed E-state index contributed by atoms with van der Waals surface area (Å²) in [6, 6.07) is 4.86. The minimum Gasteiger partial charge on any atom is -0.273 e. The largest absolute Gasteiger partial charge is 0.289 e. The van der Waals surface area contributed by atoms with E-state index in [-0.39, 0.29) is 40.9 Å². The Morgan fingerprint density at radius 2 is 1.86 bits per heavy atom. The lowest BCUT2D eigenvalue weighted by Crippen LogP contribution is -2.61. The van der Waals surface area contributed by atoms with E-state index in [2.05, 4.69) is 0 Å². The second kappa shape index (κ2) is 5.36. The number of amides is 2. The number of nitrogens with zero attached hydrogens (tertiary/aromatic N) is 2. The normalized spacial score (nSPS) is 20.5. The van der Waals surface area contributed by atoms with Gasteiger partial charge in [0.05, 0.1) is 16.7 Å². The lowest BCUT2D eigenvalue weighted by molar-refractivity contribution is -0.127. The van der Waals surface area contributed by atoms with E-state index in [1.54, 1.807) is 19.1 Å². The Kier molecular flexibility index (Phi) is 3.78. The average molecular weight is 340 g/mol. The van der Waals surface area contributed by atoms with Gasteiger partial charge in [-0.05, 0) is 25.5 Å². The summed E-state index contributed by atoms with van der Waals surface area (Å²) in [5.74, 6) is -0.0809. The van der Waals surface area contributed by atoms with Crippen molar-refractivity contribution in [2.45, 2.75) is 24.8 Å². The second-order valence-corrected chi connectivity index (χ2v) is 8.40. The molecule has 2 aliphatic rings. The summed E-state index contributed by atoms with van der Waals surface area (Å²) >= 11 is 0.970. The van der Waals surface area contributed by atoms with Crippen LogP contribution in [0.2, 0.25) is 0 Å². The first-order valence-corrected chi connectivity index (χ1v) is 9.29. The second-order valence-electron chi connectivity index (χ2n) is 5.56. The Bertz CT molecular complexity index is 738. The molecule has 2 heterocycles. The van der Waals surface area contributed by atoms with Gasteiger partial charge in [-0.2, -0.15) is 4.31 Å². The third kappa shape index (κ3) is 2.45. The van der Waals surface area contributed by atoms with Crippen LogP contribution >= 0.6 is 11.8 Å². The minimum atomic E-state index is -3.57. The number of thioether (sulfide) groups is 1. The lowest BCUT2D eigenvalue weighted by atomic mass is 10.1. The molecule has 0 aromatic heterocycles. The van der Waals surface area contributed by atoms with Crippen molar-refractivity contribution in [1.29, 1.82) is 0 Å². The number of sulfonamides is 1. The first-order chi connectivity index (χ1) is 10.3. The smallest absolute Gasteiger partial charge is 0.273 e. The molecular weight excluding hydrogens is 324 g/mol. The number of rotatable bonds is 3. The van der Waals surface area contributed by atoms with E-state index < -0.39 is 10.0 Å². The van der Waals surface area contributed by atoms with Crippen molar-refractivity contribution in [1.82, 2.24) is 9.21 Å². The topological polar surface area (TPSA) is 74.8 Å². The molecule has 3 rings (SSSR count). The maximum absolute atomic E-state index is 12.6. The molecule has 0 spiro atoms. The summed E-state index contributed by atoms with van der Waals surface area (Å²) < 4.78 is 26.5. The summed E-state index contributed by atoms with van der Waals surface area (Å²) in [6.07, 6.45) is 0. The van der Waals surface area contributed by atoms with Crippen LogP contribution in [0.3, 0.4) is 0 Å². The van der Waals surface area contributed by atoms with Crippen LogP contribution in [0, 0.1) is 13.8 Å². The third-order valence-corrected chi connectivity index (χ3v) is 6.75. The molecule has 1 aromatic carbocycles. The predicted molar refractivity (Wildman–Crippen MR) is 83.2 cm³/mol. The number of hydrogen-bond acceptors (Lipinski definition) is 5. The van der Waals surface area contributed by atoms with Crippen molar-refractivity contribution in [3.05, 3.63) is 29.3 Å². The van der Waals surface area contributed by atoms with Crippen LogP contribution in [0.1, 0.15) is 11.1 Å². The fourth-order valence-electron chi connectivity index (χ4n) is 2.72. The van der Waals surface area contributed by atoms with Crippen molar-refractivity contribution in [3.8, 4) is 0 Å². The highest BCUT2D eigenvalue weighted by atomic mass is 32.2. The van der Waals surface area contributed by atoms with Crippen LogP contribution in [-0.4, -0.2) is 53.7 Å². The molecule has 1 aromatic rings. The Morgan fingerprint density at radius 1 is 1.18 bits per heavy atom. The van der Waals surface area contributed by atoms with Crippen LogP contribution in [0.15, 0.2) is 23.1 Å². The van der Waals surface area contributed by atoms with E-state index in [0.29, 0.717) is 5.56 Å². The molecule has 0 bridgehead atoms. The van der Waals surface area contributed by atoms with Crippen molar-refractivity contribution in [2.75, 3.05) is 18.8 Å². The van der Waals surface area contributed by atoms with Crippen molar-refractivity contribution >= 4 is 32.9 Å². The SMILES string of the molecule is Cc1ccc(S(=O)(=O)N2CC(N3C(=O)CSC3=O)C2)c(C)c1. The quantitative estimate of drug-likeness (QED) is 0.831. The summed E-state index contributed by atoms with van der Waals surface area (Å²) in [6.45, 7) is 4.02. The van der Waals surface area contributed by atoms with Gasteiger partial charge in [0.1, 0.15) is 0 Å². The lowest BCUT2D eigenvalue weighted by Gasteiger charge is -2.41. The Morgan fingerprint density at radius 3 is 2.41 bits per heavy atom. The fraction of sp³-hybridized carbons (Fsp3) is 0.429. The first kappa shape index (κ1) is 15.5. The minimum absolute atomic E-state index is 0.152. The molecule has 2 saturated heterocycles. The van der Waals surface area contributed by atoms with Gasteiger partial charge < -0.3 is 0 Å². The zero-order chi connectivity index (χ0) is 16.1. The van der Waals surface area contributed by atoms with Gasteiger partial charge in [-0.3, -0.25) is 14.5 Å². The highest BCUT2D eigenvalue weighted by molar-refractivity contribution is 8.14. The Balaban J connectivity index is 1.77. The Labute approximate surface area is 133 Å². The molecule has 2 amide bonds. The molecule has 22 heavy (non-hydrogen) atoms. The molecule has 0 atom stereocenters. The van der Waals surface area contributed by atoms with Gasteiger partial charge in [0.2, 0.25) is 15.9 Å². The molecule has 8 heteroatoms. The van der Waals surface area contributed by atoms with Crippen LogP contribution in [0.5, 0.6) is 0 Å². The highest BCUT2D eigenvalue weighted by Crippen LogP contribution is 2.30. The molecule has 0 unspecified atom stereocenters. The molecule has 0 saturated carbocycles. The molecule has 0 aliphatic carbocycles. The highest BCUT2D eigenvalue weighted by Gasteiger charge is 2.46. The molecule has 0 radical (unpaired) electrons. The van der Waals surface area contributed by atoms with E-state index in [0.717, 1.165) is 17.3 Å². The fourth-order valence-corrected chi connectivity index (χ4v) is 5.22. The number of carbonyl (C=O) groups is 2. The number of benzene rings is 1. The van der Waals surface area contributed by atoms with Crippen molar-refractivity contribution < 1.29 is 18.0 Å². The predicted octanol–water partition coefficient (Wildman–Crippen LogP) is 1.37. The van der Waals surface area contributed by atoms with Crippen LogP contribution in [0.25, 0.3) is 0 Å². The van der Waals surface area contributed by atoms with Crippen LogP contribution < -0.4 is 0 Å². The molecule has 6 nitrogen and oxygen atoms in total. The molecule has 2 fully saturated rings. The number of carbonyl (C=O) groups excluding carboxylic acids is 2. The summed E-state index contributed by atoms with van der Waals surface area (Å²) in [5, 5.41) is -0.279. The summed E-state index contributed by atoms with van der Waals surface area (Å²) in [7, 11) is -3.57.